The average Bonchev–Trinajstić information content (AvgIpc) is 2.34. The first-order valence-electron chi connectivity index (χ1n) is 5.67. The Labute approximate surface area is 112 Å². The summed E-state index contributed by atoms with van der Waals surface area (Å²) in [5.74, 6) is -0.238. The highest BCUT2D eigenvalue weighted by Gasteiger charge is 2.21. The normalized spacial score (nSPS) is 13.5. The van der Waals surface area contributed by atoms with Crippen molar-refractivity contribution in [1.82, 2.24) is 9.71 Å². The number of sulfonamides is 1. The van der Waals surface area contributed by atoms with Crippen molar-refractivity contribution in [3.8, 4) is 0 Å². The van der Waals surface area contributed by atoms with E-state index in [0.29, 0.717) is 12.3 Å². The summed E-state index contributed by atoms with van der Waals surface area (Å²) in [5, 5.41) is -0.564. The Morgan fingerprint density at radius 2 is 2.28 bits per heavy atom. The Balaban J connectivity index is 2.74. The molecule has 7 heteroatoms. The van der Waals surface area contributed by atoms with Crippen molar-refractivity contribution in [3.63, 3.8) is 0 Å². The zero-order valence-corrected chi connectivity index (χ0v) is 11.6. The van der Waals surface area contributed by atoms with Crippen LogP contribution >= 0.6 is 11.6 Å². The zero-order chi connectivity index (χ0) is 13.6. The number of nitrogens with zero attached hydrogens (tertiary/aromatic N) is 1. The van der Waals surface area contributed by atoms with Gasteiger partial charge in [-0.1, -0.05) is 13.3 Å². The lowest BCUT2D eigenvalue weighted by molar-refractivity contribution is 0.477. The molecule has 0 spiro atoms. The third-order valence-electron chi connectivity index (χ3n) is 2.64. The molecule has 0 saturated heterocycles. The van der Waals surface area contributed by atoms with Crippen molar-refractivity contribution in [2.45, 2.75) is 24.8 Å². The number of halogens is 2. The van der Waals surface area contributed by atoms with Crippen molar-refractivity contribution in [3.05, 3.63) is 24.1 Å². The van der Waals surface area contributed by atoms with Gasteiger partial charge in [0.1, 0.15) is 0 Å². The van der Waals surface area contributed by atoms with Gasteiger partial charge in [-0.2, -0.15) is 0 Å². The maximum absolute atomic E-state index is 13.3. The number of aromatic nitrogens is 1. The van der Waals surface area contributed by atoms with Crippen molar-refractivity contribution < 1.29 is 12.8 Å². The summed E-state index contributed by atoms with van der Waals surface area (Å²) in [6, 6.07) is 2.41. The molecule has 18 heavy (non-hydrogen) atoms. The first kappa shape index (κ1) is 15.3. The molecule has 0 saturated carbocycles. The predicted octanol–water partition coefficient (Wildman–Crippen LogP) is 2.15. The number of hydrogen-bond acceptors (Lipinski definition) is 3. The van der Waals surface area contributed by atoms with Gasteiger partial charge in [0.2, 0.25) is 5.03 Å². The molecule has 0 amide bonds. The summed E-state index contributed by atoms with van der Waals surface area (Å²) in [7, 11) is -3.89. The van der Waals surface area contributed by atoms with Crippen LogP contribution in [0.4, 0.5) is 4.39 Å². The molecule has 0 aliphatic carbocycles. The van der Waals surface area contributed by atoms with Gasteiger partial charge < -0.3 is 0 Å². The molecule has 102 valence electrons. The number of pyridine rings is 1. The van der Waals surface area contributed by atoms with Crippen LogP contribution in [0.25, 0.3) is 0 Å². The molecule has 1 rings (SSSR count). The summed E-state index contributed by atoms with van der Waals surface area (Å²) in [5.41, 5.74) is 0. The van der Waals surface area contributed by atoms with Crippen LogP contribution in [0.1, 0.15) is 19.8 Å². The summed E-state index contributed by atoms with van der Waals surface area (Å²) in [6.07, 6.45) is 2.76. The summed E-state index contributed by atoms with van der Waals surface area (Å²) in [4.78, 5) is 3.55. The number of rotatable bonds is 7. The molecule has 1 aromatic rings. The highest BCUT2D eigenvalue weighted by molar-refractivity contribution is 7.89. The van der Waals surface area contributed by atoms with E-state index in [1.807, 2.05) is 6.92 Å². The van der Waals surface area contributed by atoms with Gasteiger partial charge in [-0.25, -0.2) is 22.5 Å². The van der Waals surface area contributed by atoms with Gasteiger partial charge in [-0.05, 0) is 24.5 Å². The first-order valence-corrected chi connectivity index (χ1v) is 7.69. The van der Waals surface area contributed by atoms with Crippen LogP contribution in [0.3, 0.4) is 0 Å². The van der Waals surface area contributed by atoms with Gasteiger partial charge in [-0.3, -0.25) is 0 Å². The number of hydrogen-bond donors (Lipinski definition) is 1. The Morgan fingerprint density at radius 1 is 1.56 bits per heavy atom. The minimum absolute atomic E-state index is 0.143. The lowest BCUT2D eigenvalue weighted by Gasteiger charge is -2.14. The molecule has 0 aromatic carbocycles. The third-order valence-corrected chi connectivity index (χ3v) is 4.21. The van der Waals surface area contributed by atoms with E-state index in [9.17, 15) is 12.8 Å². The fraction of sp³-hybridized carbons (Fsp3) is 0.545. The van der Waals surface area contributed by atoms with E-state index >= 15 is 0 Å². The fourth-order valence-electron chi connectivity index (χ4n) is 1.47. The van der Waals surface area contributed by atoms with Gasteiger partial charge in [0.15, 0.2) is 5.82 Å². The van der Waals surface area contributed by atoms with Crippen molar-refractivity contribution in [1.29, 1.82) is 0 Å². The summed E-state index contributed by atoms with van der Waals surface area (Å²) in [6.45, 7) is 2.19. The predicted molar refractivity (Wildman–Crippen MR) is 68.5 cm³/mol. The van der Waals surface area contributed by atoms with E-state index in [1.165, 1.54) is 12.3 Å². The van der Waals surface area contributed by atoms with Gasteiger partial charge >= 0.3 is 0 Å². The molecule has 0 fully saturated rings. The van der Waals surface area contributed by atoms with Crippen molar-refractivity contribution >= 4 is 21.6 Å². The second kappa shape index (κ2) is 7.01. The summed E-state index contributed by atoms with van der Waals surface area (Å²) < 4.78 is 39.4. The molecule has 0 bridgehead atoms. The van der Waals surface area contributed by atoms with Crippen LogP contribution in [0, 0.1) is 11.7 Å². The van der Waals surface area contributed by atoms with Gasteiger partial charge in [0, 0.05) is 18.6 Å². The minimum atomic E-state index is -3.89. The second-order valence-corrected chi connectivity index (χ2v) is 5.95. The van der Waals surface area contributed by atoms with E-state index in [2.05, 4.69) is 9.71 Å². The molecule has 1 atom stereocenters. The molecular weight excluding hydrogens is 279 g/mol. The van der Waals surface area contributed by atoms with Crippen LogP contribution in [-0.4, -0.2) is 25.8 Å². The second-order valence-electron chi connectivity index (χ2n) is 3.89. The van der Waals surface area contributed by atoms with E-state index in [0.717, 1.165) is 12.5 Å². The largest absolute Gasteiger partial charge is 0.261 e. The van der Waals surface area contributed by atoms with Crippen molar-refractivity contribution in [2.24, 2.45) is 5.92 Å². The van der Waals surface area contributed by atoms with E-state index in [4.69, 9.17) is 11.6 Å². The molecular formula is C11H16ClFN2O2S. The maximum atomic E-state index is 13.3. The molecule has 1 N–H and O–H groups in total. The molecule has 1 heterocycles. The maximum Gasteiger partial charge on any atom is 0.261 e. The molecule has 4 nitrogen and oxygen atoms in total. The molecule has 1 unspecified atom stereocenters. The Morgan fingerprint density at radius 3 is 2.83 bits per heavy atom. The van der Waals surface area contributed by atoms with Gasteiger partial charge in [0.25, 0.3) is 10.0 Å². The van der Waals surface area contributed by atoms with Crippen LogP contribution in [0.5, 0.6) is 0 Å². The minimum Gasteiger partial charge on any atom is -0.241 e. The van der Waals surface area contributed by atoms with E-state index in [1.54, 1.807) is 0 Å². The quantitative estimate of drug-likeness (QED) is 0.784. The van der Waals surface area contributed by atoms with E-state index in [-0.39, 0.29) is 12.5 Å². The third kappa shape index (κ3) is 4.19. The monoisotopic (exact) mass is 294 g/mol. The van der Waals surface area contributed by atoms with Crippen LogP contribution in [0.15, 0.2) is 23.4 Å². The van der Waals surface area contributed by atoms with Crippen LogP contribution in [-0.2, 0) is 10.0 Å². The Bertz CT molecular complexity index is 482. The van der Waals surface area contributed by atoms with Crippen molar-refractivity contribution in [2.75, 3.05) is 12.4 Å². The first-order chi connectivity index (χ1) is 8.51. The molecule has 0 radical (unpaired) electrons. The number of nitrogens with one attached hydrogen (secondary N) is 1. The van der Waals surface area contributed by atoms with Gasteiger partial charge in [-0.15, -0.1) is 11.6 Å². The smallest absolute Gasteiger partial charge is 0.241 e. The van der Waals surface area contributed by atoms with Gasteiger partial charge in [0.05, 0.1) is 0 Å². The fourth-order valence-corrected chi connectivity index (χ4v) is 2.89. The summed E-state index contributed by atoms with van der Waals surface area (Å²) >= 11 is 5.62. The topological polar surface area (TPSA) is 59.1 Å². The van der Waals surface area contributed by atoms with Crippen LogP contribution in [0.2, 0.25) is 0 Å². The lowest BCUT2D eigenvalue weighted by Crippen LogP contribution is -2.30. The standard InChI is InChI=1S/C11H16ClFN2O2S/c1-2-9(5-6-12)8-15-18(16,17)11-10(13)4-3-7-14-11/h3-4,7,9,15H,2,5-6,8H2,1H3. The SMILES string of the molecule is CCC(CCCl)CNS(=O)(=O)c1ncccc1F. The Kier molecular flexibility index (Phi) is 5.98. The Hall–Kier alpha value is -0.720. The molecule has 0 aliphatic heterocycles. The highest BCUT2D eigenvalue weighted by Crippen LogP contribution is 2.12. The lowest BCUT2D eigenvalue weighted by atomic mass is 10.0. The zero-order valence-electron chi connectivity index (χ0n) is 10.1. The number of alkyl halides is 1. The van der Waals surface area contributed by atoms with Crippen LogP contribution < -0.4 is 4.72 Å². The molecule has 1 aromatic heterocycles. The molecule has 0 aliphatic rings. The highest BCUT2D eigenvalue weighted by atomic mass is 35.5. The van der Waals surface area contributed by atoms with E-state index < -0.39 is 20.9 Å². The average molecular weight is 295 g/mol.